The first kappa shape index (κ1) is 19.1. The van der Waals surface area contributed by atoms with E-state index >= 15 is 0 Å². The molecule has 0 spiro atoms. The molecule has 3 aromatic rings. The van der Waals surface area contributed by atoms with Gasteiger partial charge in [0.2, 0.25) is 0 Å². The van der Waals surface area contributed by atoms with Gasteiger partial charge in [-0.15, -0.1) is 11.3 Å². The maximum atomic E-state index is 4.50. The molecule has 0 aliphatic rings. The Kier molecular flexibility index (Phi) is 6.98. The van der Waals surface area contributed by atoms with Crippen LogP contribution in [0.4, 0.5) is 0 Å². The van der Waals surface area contributed by atoms with E-state index in [1.54, 1.807) is 24.6 Å². The van der Waals surface area contributed by atoms with Crippen LogP contribution in [0.2, 0.25) is 0 Å². The normalized spacial score (nSPS) is 11.6. The molecule has 0 saturated carbocycles. The van der Waals surface area contributed by atoms with E-state index in [0.717, 1.165) is 44.1 Å². The van der Waals surface area contributed by atoms with Crippen LogP contribution in [0.5, 0.6) is 0 Å². The van der Waals surface area contributed by atoms with Crippen LogP contribution in [0.3, 0.4) is 0 Å². The van der Waals surface area contributed by atoms with E-state index in [1.165, 1.54) is 16.1 Å². The number of hydrogen-bond acceptors (Lipinski definition) is 4. The van der Waals surface area contributed by atoms with Gasteiger partial charge >= 0.3 is 0 Å². The zero-order chi connectivity index (χ0) is 18.9. The molecule has 0 atom stereocenters. The summed E-state index contributed by atoms with van der Waals surface area (Å²) in [5.74, 6) is 0.819. The number of nitrogens with zero attached hydrogens (tertiary/aromatic N) is 4. The molecule has 0 bridgehead atoms. The molecule has 0 aliphatic carbocycles. The summed E-state index contributed by atoms with van der Waals surface area (Å²) in [5.41, 5.74) is 3.60. The Bertz CT molecular complexity index is 853. The highest BCUT2D eigenvalue weighted by Gasteiger charge is 2.05. The van der Waals surface area contributed by atoms with E-state index in [2.05, 4.69) is 55.4 Å². The molecule has 0 aliphatic heterocycles. The number of guanidine groups is 1. The van der Waals surface area contributed by atoms with E-state index in [1.807, 2.05) is 23.9 Å². The highest BCUT2D eigenvalue weighted by molar-refractivity contribution is 7.09. The van der Waals surface area contributed by atoms with Crippen molar-refractivity contribution in [3.05, 3.63) is 69.9 Å². The van der Waals surface area contributed by atoms with Crippen LogP contribution in [0.15, 0.2) is 53.1 Å². The largest absolute Gasteiger partial charge is 0.356 e. The Balaban J connectivity index is 1.46. The number of aryl methyl sites for hydroxylation is 2. The van der Waals surface area contributed by atoms with E-state index in [-0.39, 0.29) is 0 Å². The highest BCUT2D eigenvalue weighted by atomic mass is 32.1. The van der Waals surface area contributed by atoms with Gasteiger partial charge in [-0.3, -0.25) is 9.67 Å². The molecule has 2 aromatic heterocycles. The minimum Gasteiger partial charge on any atom is -0.356 e. The Hall–Kier alpha value is -2.67. The predicted molar refractivity (Wildman–Crippen MR) is 111 cm³/mol. The van der Waals surface area contributed by atoms with Crippen molar-refractivity contribution >= 4 is 17.3 Å². The molecule has 0 saturated heterocycles. The zero-order valence-corrected chi connectivity index (χ0v) is 16.7. The smallest absolute Gasteiger partial charge is 0.191 e. The number of rotatable bonds is 8. The van der Waals surface area contributed by atoms with Crippen molar-refractivity contribution in [2.45, 2.75) is 32.9 Å². The molecule has 6 nitrogen and oxygen atoms in total. The van der Waals surface area contributed by atoms with Crippen molar-refractivity contribution in [1.29, 1.82) is 0 Å². The van der Waals surface area contributed by atoms with Crippen molar-refractivity contribution in [1.82, 2.24) is 25.4 Å². The van der Waals surface area contributed by atoms with Gasteiger partial charge < -0.3 is 10.6 Å². The maximum absolute atomic E-state index is 4.50. The summed E-state index contributed by atoms with van der Waals surface area (Å²) in [7, 11) is 1.80. The van der Waals surface area contributed by atoms with E-state index in [4.69, 9.17) is 0 Å². The summed E-state index contributed by atoms with van der Waals surface area (Å²) >= 11 is 1.73. The molecule has 142 valence electrons. The summed E-state index contributed by atoms with van der Waals surface area (Å²) in [6.45, 7) is 4.40. The van der Waals surface area contributed by atoms with Crippen LogP contribution in [-0.4, -0.2) is 34.3 Å². The fourth-order valence-corrected chi connectivity index (χ4v) is 3.63. The standard InChI is InChI=1S/C20H26N6S/c1-16-15-27-19(25-16)9-5-10-22-20(21-2)23-13-17-7-3-4-8-18(17)14-26-12-6-11-24-26/h3-4,6-8,11-12,15H,5,9-10,13-14H2,1-2H3,(H2,21,22,23). The SMILES string of the molecule is CN=C(NCCCc1nc(C)cs1)NCc1ccccc1Cn1cccn1. The van der Waals surface area contributed by atoms with Crippen molar-refractivity contribution in [2.75, 3.05) is 13.6 Å². The van der Waals surface area contributed by atoms with Crippen LogP contribution < -0.4 is 10.6 Å². The third-order valence-corrected chi connectivity index (χ3v) is 5.23. The molecule has 0 amide bonds. The van der Waals surface area contributed by atoms with Gasteiger partial charge in [0, 0.05) is 50.0 Å². The van der Waals surface area contributed by atoms with Crippen LogP contribution in [0.1, 0.15) is 28.2 Å². The lowest BCUT2D eigenvalue weighted by Crippen LogP contribution is -2.37. The molecular formula is C20H26N6S. The summed E-state index contributed by atoms with van der Waals surface area (Å²) in [6.07, 6.45) is 5.81. The van der Waals surface area contributed by atoms with Gasteiger partial charge in [0.05, 0.1) is 11.6 Å². The molecule has 0 fully saturated rings. The number of aromatic nitrogens is 3. The first-order valence-electron chi connectivity index (χ1n) is 9.14. The number of aliphatic imine (C=N–C) groups is 1. The third kappa shape index (κ3) is 5.92. The van der Waals surface area contributed by atoms with E-state index < -0.39 is 0 Å². The Labute approximate surface area is 164 Å². The third-order valence-electron chi connectivity index (χ3n) is 4.21. The topological polar surface area (TPSA) is 67.1 Å². The zero-order valence-electron chi connectivity index (χ0n) is 15.9. The lowest BCUT2D eigenvalue weighted by Gasteiger charge is -2.14. The fourth-order valence-electron chi connectivity index (χ4n) is 2.82. The van der Waals surface area contributed by atoms with Crippen LogP contribution in [0, 0.1) is 6.92 Å². The van der Waals surface area contributed by atoms with Crippen LogP contribution in [-0.2, 0) is 19.5 Å². The Morgan fingerprint density at radius 3 is 2.74 bits per heavy atom. The van der Waals surface area contributed by atoms with Gasteiger partial charge in [-0.05, 0) is 30.5 Å². The summed E-state index contributed by atoms with van der Waals surface area (Å²) < 4.78 is 1.94. The van der Waals surface area contributed by atoms with Crippen molar-refractivity contribution in [2.24, 2.45) is 4.99 Å². The van der Waals surface area contributed by atoms with E-state index in [0.29, 0.717) is 0 Å². The molecule has 7 heteroatoms. The first-order valence-corrected chi connectivity index (χ1v) is 10.0. The predicted octanol–water partition coefficient (Wildman–Crippen LogP) is 2.99. The molecule has 27 heavy (non-hydrogen) atoms. The molecule has 0 unspecified atom stereocenters. The van der Waals surface area contributed by atoms with E-state index in [9.17, 15) is 0 Å². The molecule has 1 aromatic carbocycles. The number of thiazole rings is 1. The average Bonchev–Trinajstić information content (AvgIpc) is 3.34. The average molecular weight is 383 g/mol. The van der Waals surface area contributed by atoms with Crippen molar-refractivity contribution in [3.63, 3.8) is 0 Å². The van der Waals surface area contributed by atoms with Crippen molar-refractivity contribution in [3.8, 4) is 0 Å². The van der Waals surface area contributed by atoms with Crippen LogP contribution in [0.25, 0.3) is 0 Å². The lowest BCUT2D eigenvalue weighted by atomic mass is 10.1. The summed E-state index contributed by atoms with van der Waals surface area (Å²) in [6, 6.07) is 10.4. The van der Waals surface area contributed by atoms with Gasteiger partial charge in [-0.2, -0.15) is 5.10 Å². The van der Waals surface area contributed by atoms with Gasteiger partial charge in [-0.1, -0.05) is 24.3 Å². The second-order valence-electron chi connectivity index (χ2n) is 6.31. The van der Waals surface area contributed by atoms with Gasteiger partial charge in [0.15, 0.2) is 5.96 Å². The van der Waals surface area contributed by atoms with Crippen LogP contribution >= 0.6 is 11.3 Å². The van der Waals surface area contributed by atoms with Gasteiger partial charge in [0.25, 0.3) is 0 Å². The second-order valence-corrected chi connectivity index (χ2v) is 7.25. The summed E-state index contributed by atoms with van der Waals surface area (Å²) in [5, 5.41) is 14.4. The highest BCUT2D eigenvalue weighted by Crippen LogP contribution is 2.11. The fraction of sp³-hybridized carbons (Fsp3) is 0.350. The Morgan fingerprint density at radius 2 is 2.04 bits per heavy atom. The summed E-state index contributed by atoms with van der Waals surface area (Å²) in [4.78, 5) is 8.82. The number of benzene rings is 1. The maximum Gasteiger partial charge on any atom is 0.191 e. The second kappa shape index (κ2) is 9.87. The first-order chi connectivity index (χ1) is 13.2. The monoisotopic (exact) mass is 382 g/mol. The molecular weight excluding hydrogens is 356 g/mol. The quantitative estimate of drug-likeness (QED) is 0.357. The number of hydrogen-bond donors (Lipinski definition) is 2. The van der Waals surface area contributed by atoms with Gasteiger partial charge in [-0.25, -0.2) is 4.98 Å². The van der Waals surface area contributed by atoms with Crippen molar-refractivity contribution < 1.29 is 0 Å². The molecule has 0 radical (unpaired) electrons. The minimum absolute atomic E-state index is 0.725. The molecule has 3 rings (SSSR count). The molecule has 2 heterocycles. The Morgan fingerprint density at radius 1 is 1.19 bits per heavy atom. The minimum atomic E-state index is 0.725. The molecule has 2 N–H and O–H groups in total. The number of nitrogens with one attached hydrogen (secondary N) is 2. The van der Waals surface area contributed by atoms with Gasteiger partial charge in [0.1, 0.15) is 0 Å². The lowest BCUT2D eigenvalue weighted by molar-refractivity contribution is 0.676.